The summed E-state index contributed by atoms with van der Waals surface area (Å²) in [5.41, 5.74) is 0. The minimum atomic E-state index is -0.0228. The van der Waals surface area contributed by atoms with Crippen LogP contribution in [-0.4, -0.2) is 60.8 Å². The van der Waals surface area contributed by atoms with Crippen LogP contribution in [0.5, 0.6) is 0 Å². The van der Waals surface area contributed by atoms with Crippen LogP contribution in [-0.2, 0) is 0 Å². The summed E-state index contributed by atoms with van der Waals surface area (Å²) in [4.78, 5) is 4.91. The topological polar surface area (TPSA) is 26.7 Å². The summed E-state index contributed by atoms with van der Waals surface area (Å²) in [7, 11) is 4.28. The fourth-order valence-electron chi connectivity index (χ4n) is 3.59. The van der Waals surface area contributed by atoms with E-state index >= 15 is 0 Å². The number of likely N-dealkylation sites (tertiary alicyclic amines) is 1. The van der Waals surface area contributed by atoms with Crippen molar-refractivity contribution in [3.8, 4) is 0 Å². The molecule has 2 rings (SSSR count). The first-order valence-electron chi connectivity index (χ1n) is 7.25. The van der Waals surface area contributed by atoms with Crippen LogP contribution >= 0.6 is 0 Å². The number of fused-ring (bicyclic) bond motifs is 1. The maximum atomic E-state index is 10.1. The Morgan fingerprint density at radius 1 is 1.18 bits per heavy atom. The zero-order chi connectivity index (χ0) is 12.3. The molecule has 2 aliphatic rings. The van der Waals surface area contributed by atoms with E-state index in [1.165, 1.54) is 45.2 Å². The molecule has 0 bridgehead atoms. The molecule has 3 atom stereocenters. The summed E-state index contributed by atoms with van der Waals surface area (Å²) >= 11 is 0. The molecule has 0 unspecified atom stereocenters. The molecule has 0 aromatic carbocycles. The zero-order valence-electron chi connectivity index (χ0n) is 11.4. The van der Waals surface area contributed by atoms with Gasteiger partial charge in [0, 0.05) is 18.5 Å². The van der Waals surface area contributed by atoms with Gasteiger partial charge in [-0.15, -0.1) is 0 Å². The van der Waals surface area contributed by atoms with Crippen molar-refractivity contribution in [2.45, 2.75) is 50.7 Å². The van der Waals surface area contributed by atoms with E-state index in [9.17, 15) is 5.11 Å². The molecule has 100 valence electrons. The first-order chi connectivity index (χ1) is 8.18. The van der Waals surface area contributed by atoms with E-state index in [2.05, 4.69) is 23.9 Å². The molecule has 1 saturated heterocycles. The molecule has 0 spiro atoms. The number of rotatable bonds is 4. The number of hydrogen-bond donors (Lipinski definition) is 1. The molecule has 2 fully saturated rings. The quantitative estimate of drug-likeness (QED) is 0.808. The summed E-state index contributed by atoms with van der Waals surface area (Å²) in [5.74, 6) is 0.567. The summed E-state index contributed by atoms with van der Waals surface area (Å²) in [6.07, 6.45) is 7.46. The standard InChI is InChI=1S/C14H28N2O/c1-15(2)9-5-10-16-11-8-14(17)12-6-3-4-7-13(12)16/h12-14,17H,3-11H2,1-2H3/t12-,13+,14-/m0/s1. The SMILES string of the molecule is CN(C)CCCN1CC[C@H](O)[C@H]2CCCC[C@H]21. The number of piperidine rings is 1. The molecular weight excluding hydrogens is 212 g/mol. The Kier molecular flexibility index (Phi) is 4.83. The highest BCUT2D eigenvalue weighted by Crippen LogP contribution is 2.35. The van der Waals surface area contributed by atoms with Gasteiger partial charge < -0.3 is 10.0 Å². The van der Waals surface area contributed by atoms with Crippen molar-refractivity contribution in [2.75, 3.05) is 33.7 Å². The zero-order valence-corrected chi connectivity index (χ0v) is 11.4. The van der Waals surface area contributed by atoms with Crippen LogP contribution in [0, 0.1) is 5.92 Å². The Bertz CT molecular complexity index is 232. The fourth-order valence-corrected chi connectivity index (χ4v) is 3.59. The second-order valence-corrected chi connectivity index (χ2v) is 6.06. The third kappa shape index (κ3) is 3.43. The van der Waals surface area contributed by atoms with Crippen molar-refractivity contribution in [3.05, 3.63) is 0 Å². The molecule has 1 N–H and O–H groups in total. The predicted octanol–water partition coefficient (Wildman–Crippen LogP) is 1.56. The maximum Gasteiger partial charge on any atom is 0.0595 e. The third-order valence-electron chi connectivity index (χ3n) is 4.51. The molecular formula is C14H28N2O. The molecule has 1 heterocycles. The first-order valence-corrected chi connectivity index (χ1v) is 7.25. The van der Waals surface area contributed by atoms with Crippen molar-refractivity contribution in [2.24, 2.45) is 5.92 Å². The molecule has 3 nitrogen and oxygen atoms in total. The average Bonchev–Trinajstić information content (AvgIpc) is 2.32. The largest absolute Gasteiger partial charge is 0.393 e. The van der Waals surface area contributed by atoms with Gasteiger partial charge in [0.15, 0.2) is 0 Å². The molecule has 3 heteroatoms. The van der Waals surface area contributed by atoms with Gasteiger partial charge in [-0.2, -0.15) is 0 Å². The molecule has 0 aromatic rings. The van der Waals surface area contributed by atoms with Gasteiger partial charge in [0.1, 0.15) is 0 Å². The van der Waals surface area contributed by atoms with E-state index in [1.54, 1.807) is 0 Å². The summed E-state index contributed by atoms with van der Waals surface area (Å²) in [6.45, 7) is 3.50. The van der Waals surface area contributed by atoms with Crippen LogP contribution in [0.25, 0.3) is 0 Å². The normalized spacial score (nSPS) is 34.9. The molecule has 1 aliphatic heterocycles. The van der Waals surface area contributed by atoms with E-state index in [1.807, 2.05) is 0 Å². The van der Waals surface area contributed by atoms with Crippen molar-refractivity contribution in [1.82, 2.24) is 9.80 Å². The predicted molar refractivity (Wildman–Crippen MR) is 71.1 cm³/mol. The van der Waals surface area contributed by atoms with Crippen LogP contribution in [0.4, 0.5) is 0 Å². The van der Waals surface area contributed by atoms with Gasteiger partial charge in [-0.1, -0.05) is 12.8 Å². The van der Waals surface area contributed by atoms with Crippen LogP contribution < -0.4 is 0 Å². The van der Waals surface area contributed by atoms with Gasteiger partial charge >= 0.3 is 0 Å². The van der Waals surface area contributed by atoms with Crippen LogP contribution in [0.3, 0.4) is 0 Å². The maximum absolute atomic E-state index is 10.1. The smallest absolute Gasteiger partial charge is 0.0595 e. The molecule has 1 aliphatic carbocycles. The van der Waals surface area contributed by atoms with Gasteiger partial charge in [0.25, 0.3) is 0 Å². The minimum absolute atomic E-state index is 0.0228. The van der Waals surface area contributed by atoms with Gasteiger partial charge in [-0.05, 0) is 52.9 Å². The highest BCUT2D eigenvalue weighted by molar-refractivity contribution is 4.91. The lowest BCUT2D eigenvalue weighted by Gasteiger charge is -2.46. The second-order valence-electron chi connectivity index (χ2n) is 6.06. The average molecular weight is 240 g/mol. The summed E-state index contributed by atoms with van der Waals surface area (Å²) in [6, 6.07) is 0.676. The van der Waals surface area contributed by atoms with Crippen LogP contribution in [0.15, 0.2) is 0 Å². The number of hydrogen-bond acceptors (Lipinski definition) is 3. The Morgan fingerprint density at radius 3 is 2.71 bits per heavy atom. The van der Waals surface area contributed by atoms with E-state index in [4.69, 9.17) is 0 Å². The van der Waals surface area contributed by atoms with Crippen molar-refractivity contribution < 1.29 is 5.11 Å². The van der Waals surface area contributed by atoms with Gasteiger partial charge in [-0.3, -0.25) is 4.90 Å². The molecule has 0 amide bonds. The van der Waals surface area contributed by atoms with Crippen molar-refractivity contribution in [1.29, 1.82) is 0 Å². The third-order valence-corrected chi connectivity index (χ3v) is 4.51. The summed E-state index contributed by atoms with van der Waals surface area (Å²) < 4.78 is 0. The lowest BCUT2D eigenvalue weighted by atomic mass is 9.76. The number of aliphatic hydroxyl groups excluding tert-OH is 1. The Balaban J connectivity index is 1.84. The highest BCUT2D eigenvalue weighted by atomic mass is 16.3. The number of aliphatic hydroxyl groups is 1. The molecule has 0 aromatic heterocycles. The van der Waals surface area contributed by atoms with Crippen LogP contribution in [0.1, 0.15) is 38.5 Å². The van der Waals surface area contributed by atoms with E-state index < -0.39 is 0 Å². The lowest BCUT2D eigenvalue weighted by molar-refractivity contribution is -0.0364. The fraction of sp³-hybridized carbons (Fsp3) is 1.00. The highest BCUT2D eigenvalue weighted by Gasteiger charge is 2.37. The Labute approximate surface area is 106 Å². The van der Waals surface area contributed by atoms with Crippen molar-refractivity contribution >= 4 is 0 Å². The van der Waals surface area contributed by atoms with Gasteiger partial charge in [-0.25, -0.2) is 0 Å². The van der Waals surface area contributed by atoms with Gasteiger partial charge in [0.2, 0.25) is 0 Å². The second kappa shape index (κ2) is 6.17. The Hall–Kier alpha value is -0.120. The van der Waals surface area contributed by atoms with E-state index in [0.717, 1.165) is 13.0 Å². The Morgan fingerprint density at radius 2 is 1.94 bits per heavy atom. The van der Waals surface area contributed by atoms with Crippen LogP contribution in [0.2, 0.25) is 0 Å². The summed E-state index contributed by atoms with van der Waals surface area (Å²) in [5, 5.41) is 10.1. The first kappa shape index (κ1) is 13.3. The molecule has 17 heavy (non-hydrogen) atoms. The lowest BCUT2D eigenvalue weighted by Crippen LogP contribution is -2.52. The van der Waals surface area contributed by atoms with Crippen molar-refractivity contribution in [3.63, 3.8) is 0 Å². The molecule has 1 saturated carbocycles. The monoisotopic (exact) mass is 240 g/mol. The van der Waals surface area contributed by atoms with E-state index in [-0.39, 0.29) is 6.10 Å². The van der Waals surface area contributed by atoms with Gasteiger partial charge in [0.05, 0.1) is 6.10 Å². The number of nitrogens with zero attached hydrogens (tertiary/aromatic N) is 2. The molecule has 0 radical (unpaired) electrons. The van der Waals surface area contributed by atoms with E-state index in [0.29, 0.717) is 12.0 Å². The minimum Gasteiger partial charge on any atom is -0.393 e.